The Morgan fingerprint density at radius 1 is 0.842 bits per heavy atom. The second-order valence-corrected chi connectivity index (χ2v) is 4.96. The van der Waals surface area contributed by atoms with Crippen LogP contribution >= 0.6 is 0 Å². The molecule has 0 spiro atoms. The standard InChI is InChI=1S/C14H11.2CH3O.Ti/c1-10-5-4-8-13-12-7-3-2-6-11(12)9-14(10)13;2*1-2;/h2-9H,1H3;2*1H3;/q;2*-1;+2. The van der Waals surface area contributed by atoms with E-state index in [1.165, 1.54) is 27.8 Å². The average molecular weight is 289 g/mol. The number of rotatable bonds is 0. The van der Waals surface area contributed by atoms with Gasteiger partial charge < -0.3 is 10.2 Å². The first-order valence-electron chi connectivity index (χ1n) is 6.00. The van der Waals surface area contributed by atoms with Crippen LogP contribution in [0.3, 0.4) is 0 Å². The average Bonchev–Trinajstić information content (AvgIpc) is 2.79. The Bertz CT molecular complexity index is 538. The van der Waals surface area contributed by atoms with Crippen molar-refractivity contribution >= 4 is 0 Å². The SMILES string of the molecule is C[O-].C[O-].Cc1cccc2c1[CH]([Ti+2])c1ccccc1-2. The predicted molar refractivity (Wildman–Crippen MR) is 70.3 cm³/mol. The summed E-state index contributed by atoms with van der Waals surface area (Å²) in [6, 6.07) is 15.4. The molecule has 1 unspecified atom stereocenters. The van der Waals surface area contributed by atoms with Crippen molar-refractivity contribution in [2.45, 2.75) is 11.1 Å². The summed E-state index contributed by atoms with van der Waals surface area (Å²) in [4.78, 5) is 0. The molecular weight excluding hydrogens is 272 g/mol. The number of fused-ring (bicyclic) bond motifs is 3. The van der Waals surface area contributed by atoms with Gasteiger partial charge in [0.2, 0.25) is 0 Å². The van der Waals surface area contributed by atoms with Crippen LogP contribution in [0.5, 0.6) is 0 Å². The molecule has 0 amide bonds. The van der Waals surface area contributed by atoms with Gasteiger partial charge in [-0.2, -0.15) is 14.2 Å². The molecule has 1 atom stereocenters. The Morgan fingerprint density at radius 2 is 1.42 bits per heavy atom. The van der Waals surface area contributed by atoms with E-state index in [1.54, 1.807) is 0 Å². The van der Waals surface area contributed by atoms with E-state index in [2.05, 4.69) is 69.8 Å². The Kier molecular flexibility index (Phi) is 6.46. The topological polar surface area (TPSA) is 46.1 Å². The van der Waals surface area contributed by atoms with Crippen molar-refractivity contribution in [3.05, 3.63) is 59.2 Å². The molecule has 0 radical (unpaired) electrons. The van der Waals surface area contributed by atoms with Crippen LogP contribution in [0.4, 0.5) is 0 Å². The molecule has 3 rings (SSSR count). The molecule has 0 aromatic heterocycles. The van der Waals surface area contributed by atoms with Crippen LogP contribution in [0.2, 0.25) is 0 Å². The normalized spacial score (nSPS) is 14.4. The van der Waals surface area contributed by atoms with E-state index in [0.717, 1.165) is 14.2 Å². The van der Waals surface area contributed by atoms with Crippen molar-refractivity contribution in [2.75, 3.05) is 14.2 Å². The molecule has 0 bridgehead atoms. The Hall–Kier alpha value is -0.926. The molecule has 97 valence electrons. The van der Waals surface area contributed by atoms with Gasteiger partial charge in [0.1, 0.15) is 0 Å². The second kappa shape index (κ2) is 7.61. The zero-order chi connectivity index (χ0) is 14.4. The first-order chi connectivity index (χ1) is 9.29. The maximum atomic E-state index is 8.25. The maximum absolute atomic E-state index is 8.25. The van der Waals surface area contributed by atoms with Crippen LogP contribution in [0.25, 0.3) is 11.1 Å². The molecule has 3 heteroatoms. The van der Waals surface area contributed by atoms with Gasteiger partial charge in [-0.1, -0.05) is 0 Å². The van der Waals surface area contributed by atoms with E-state index in [-0.39, 0.29) is 0 Å². The second-order valence-electron chi connectivity index (χ2n) is 4.06. The van der Waals surface area contributed by atoms with Crippen molar-refractivity contribution < 1.29 is 30.6 Å². The van der Waals surface area contributed by atoms with Crippen LogP contribution in [-0.2, 0) is 20.4 Å². The first-order valence-corrected chi connectivity index (χ1v) is 6.91. The third-order valence-corrected chi connectivity index (χ3v) is 4.11. The molecule has 0 heterocycles. The summed E-state index contributed by atoms with van der Waals surface area (Å²) < 4.78 is 0.553. The monoisotopic (exact) mass is 289 g/mol. The summed E-state index contributed by atoms with van der Waals surface area (Å²) >= 11 is 2.30. The summed E-state index contributed by atoms with van der Waals surface area (Å²) in [7, 11) is 1.50. The minimum atomic E-state index is 0.553. The number of hydrogen-bond acceptors (Lipinski definition) is 2. The van der Waals surface area contributed by atoms with Gasteiger partial charge in [0.05, 0.1) is 0 Å². The van der Waals surface area contributed by atoms with Crippen LogP contribution in [0.15, 0.2) is 42.5 Å². The fourth-order valence-corrected chi connectivity index (χ4v) is 3.44. The quantitative estimate of drug-likeness (QED) is 0.691. The van der Waals surface area contributed by atoms with Gasteiger partial charge in [-0.25, -0.2) is 0 Å². The van der Waals surface area contributed by atoms with Crippen LogP contribution < -0.4 is 10.2 Å². The van der Waals surface area contributed by atoms with Gasteiger partial charge in [0.25, 0.3) is 0 Å². The fraction of sp³-hybridized carbons (Fsp3) is 0.250. The molecular formula is C16H17O2Ti. The van der Waals surface area contributed by atoms with E-state index >= 15 is 0 Å². The molecule has 2 nitrogen and oxygen atoms in total. The number of benzene rings is 2. The summed E-state index contributed by atoms with van der Waals surface area (Å²) in [5.74, 6) is 0. The van der Waals surface area contributed by atoms with Crippen molar-refractivity contribution in [1.82, 2.24) is 0 Å². The first kappa shape index (κ1) is 16.1. The molecule has 0 N–H and O–H groups in total. The molecule has 19 heavy (non-hydrogen) atoms. The fourth-order valence-electron chi connectivity index (χ4n) is 2.45. The summed E-state index contributed by atoms with van der Waals surface area (Å²) in [5, 5.41) is 16.5. The molecule has 1 aliphatic rings. The Labute approximate surface area is 126 Å². The zero-order valence-electron chi connectivity index (χ0n) is 11.4. The van der Waals surface area contributed by atoms with E-state index < -0.39 is 0 Å². The third-order valence-electron chi connectivity index (χ3n) is 3.17. The molecule has 0 fully saturated rings. The van der Waals surface area contributed by atoms with E-state index in [0.29, 0.717) is 4.22 Å². The van der Waals surface area contributed by atoms with Crippen molar-refractivity contribution in [1.29, 1.82) is 0 Å². The molecule has 0 saturated carbocycles. The van der Waals surface area contributed by atoms with E-state index in [4.69, 9.17) is 10.2 Å². The molecule has 0 aliphatic heterocycles. The Morgan fingerprint density at radius 3 is 2.11 bits per heavy atom. The molecule has 1 aliphatic carbocycles. The summed E-state index contributed by atoms with van der Waals surface area (Å²) in [6.07, 6.45) is 0. The van der Waals surface area contributed by atoms with Crippen molar-refractivity contribution in [3.8, 4) is 11.1 Å². The molecule has 2 aromatic rings. The van der Waals surface area contributed by atoms with Crippen LogP contribution in [0, 0.1) is 6.92 Å². The van der Waals surface area contributed by atoms with Crippen LogP contribution in [-0.4, -0.2) is 14.2 Å². The van der Waals surface area contributed by atoms with Gasteiger partial charge in [0.15, 0.2) is 0 Å². The van der Waals surface area contributed by atoms with Crippen molar-refractivity contribution in [3.63, 3.8) is 0 Å². The van der Waals surface area contributed by atoms with Gasteiger partial charge in [-0.3, -0.25) is 0 Å². The minimum absolute atomic E-state index is 0.553. The summed E-state index contributed by atoms with van der Waals surface area (Å²) in [5.41, 5.74) is 7.25. The van der Waals surface area contributed by atoms with Crippen molar-refractivity contribution in [2.24, 2.45) is 0 Å². The summed E-state index contributed by atoms with van der Waals surface area (Å²) in [6.45, 7) is 2.21. The third kappa shape index (κ3) is 2.98. The van der Waals surface area contributed by atoms with E-state index in [9.17, 15) is 0 Å². The van der Waals surface area contributed by atoms with Gasteiger partial charge >= 0.3 is 102 Å². The molecule has 0 saturated heterocycles. The zero-order valence-corrected chi connectivity index (χ0v) is 13.0. The number of aryl methyl sites for hydroxylation is 1. The molecule has 2 aromatic carbocycles. The van der Waals surface area contributed by atoms with Crippen LogP contribution in [0.1, 0.15) is 20.9 Å². The predicted octanol–water partition coefficient (Wildman–Crippen LogP) is 1.56. The number of hydrogen-bond donors (Lipinski definition) is 0. The Balaban J connectivity index is 0.000000415. The van der Waals surface area contributed by atoms with Gasteiger partial charge in [-0.05, 0) is 0 Å². The van der Waals surface area contributed by atoms with Gasteiger partial charge in [-0.15, -0.1) is 0 Å². The van der Waals surface area contributed by atoms with Gasteiger partial charge in [0, 0.05) is 0 Å². The van der Waals surface area contributed by atoms with E-state index in [1.807, 2.05) is 0 Å².